The van der Waals surface area contributed by atoms with Crippen LogP contribution in [0.3, 0.4) is 0 Å². The van der Waals surface area contributed by atoms with Crippen LogP contribution < -0.4 is 19.1 Å². The first-order chi connectivity index (χ1) is 13.8. The minimum absolute atomic E-state index is 0.00499. The molecule has 1 aliphatic carbocycles. The van der Waals surface area contributed by atoms with Gasteiger partial charge in [-0.05, 0) is 48.2 Å². The molecule has 1 aliphatic rings. The number of carbonyl (C=O) groups is 1. The van der Waals surface area contributed by atoms with Crippen LogP contribution in [-0.2, 0) is 9.24 Å². The number of phosphoric acid groups is 1. The molecule has 0 saturated heterocycles. The minimum Gasteiger partial charge on any atom is -0.497 e. The SMILES string of the molecule is COc1ccc(OC)c(C(=O)C2CC2c2ccc(OC)c(OOP(=O)(O)O)c2)c1. The Labute approximate surface area is 167 Å². The number of Topliss-reactive ketones (excluding diaryl/α,β-unsaturated/α-hetero) is 1. The summed E-state index contributed by atoms with van der Waals surface area (Å²) < 4.78 is 30.6. The molecule has 10 heteroatoms. The Balaban J connectivity index is 1.80. The molecule has 2 unspecified atom stereocenters. The van der Waals surface area contributed by atoms with Gasteiger partial charge in [-0.2, -0.15) is 0 Å². The van der Waals surface area contributed by atoms with Crippen LogP contribution in [0.25, 0.3) is 0 Å². The number of rotatable bonds is 9. The number of carbonyl (C=O) groups excluding carboxylic acids is 1. The Morgan fingerprint density at radius 1 is 0.966 bits per heavy atom. The lowest BCUT2D eigenvalue weighted by molar-refractivity contribution is -0.124. The van der Waals surface area contributed by atoms with Gasteiger partial charge in [0.15, 0.2) is 11.5 Å². The van der Waals surface area contributed by atoms with Crippen LogP contribution in [0.1, 0.15) is 28.3 Å². The van der Waals surface area contributed by atoms with Crippen molar-refractivity contribution < 1.29 is 42.9 Å². The van der Waals surface area contributed by atoms with E-state index < -0.39 is 7.82 Å². The zero-order chi connectivity index (χ0) is 21.2. The molecule has 2 N–H and O–H groups in total. The van der Waals surface area contributed by atoms with Crippen LogP contribution in [0.2, 0.25) is 0 Å². The molecule has 2 aromatic carbocycles. The molecule has 0 aliphatic heterocycles. The van der Waals surface area contributed by atoms with Crippen molar-refractivity contribution in [2.45, 2.75) is 12.3 Å². The third kappa shape index (κ3) is 4.89. The zero-order valence-corrected chi connectivity index (χ0v) is 16.9. The van der Waals surface area contributed by atoms with Crippen LogP contribution in [0.5, 0.6) is 23.0 Å². The Kier molecular flexibility index (Phi) is 6.14. The van der Waals surface area contributed by atoms with E-state index in [4.69, 9.17) is 28.9 Å². The van der Waals surface area contributed by atoms with Crippen molar-refractivity contribution in [3.05, 3.63) is 47.5 Å². The van der Waals surface area contributed by atoms with Gasteiger partial charge in [0.25, 0.3) is 0 Å². The highest BCUT2D eigenvalue weighted by Gasteiger charge is 2.45. The van der Waals surface area contributed by atoms with Crippen molar-refractivity contribution in [1.82, 2.24) is 0 Å². The predicted octanol–water partition coefficient (Wildman–Crippen LogP) is 3.10. The van der Waals surface area contributed by atoms with E-state index in [0.29, 0.717) is 23.5 Å². The Bertz CT molecular complexity index is 953. The highest BCUT2D eigenvalue weighted by atomic mass is 31.2. The predicted molar refractivity (Wildman–Crippen MR) is 101 cm³/mol. The summed E-state index contributed by atoms with van der Waals surface area (Å²) in [6, 6.07) is 9.93. The number of ketones is 1. The van der Waals surface area contributed by atoms with Gasteiger partial charge in [0.05, 0.1) is 26.9 Å². The molecule has 0 heterocycles. The number of benzene rings is 2. The smallest absolute Gasteiger partial charge is 0.497 e. The fraction of sp³-hybridized carbons (Fsp3) is 0.316. The van der Waals surface area contributed by atoms with Gasteiger partial charge in [-0.15, -0.1) is 0 Å². The molecule has 0 radical (unpaired) electrons. The maximum Gasteiger partial charge on any atom is 0.505 e. The third-order valence-electron chi connectivity index (χ3n) is 4.64. The van der Waals surface area contributed by atoms with Crippen LogP contribution in [0, 0.1) is 5.92 Å². The van der Waals surface area contributed by atoms with Crippen LogP contribution >= 0.6 is 7.82 Å². The monoisotopic (exact) mass is 424 g/mol. The Morgan fingerprint density at radius 3 is 2.28 bits per heavy atom. The van der Waals surface area contributed by atoms with Crippen LogP contribution in [0.4, 0.5) is 0 Å². The second kappa shape index (κ2) is 8.42. The van der Waals surface area contributed by atoms with E-state index in [1.165, 1.54) is 27.4 Å². The van der Waals surface area contributed by atoms with Crippen molar-refractivity contribution in [3.63, 3.8) is 0 Å². The molecule has 29 heavy (non-hydrogen) atoms. The molecule has 2 atom stereocenters. The number of ether oxygens (including phenoxy) is 3. The molecule has 1 saturated carbocycles. The summed E-state index contributed by atoms with van der Waals surface area (Å²) in [7, 11) is -0.421. The van der Waals surface area contributed by atoms with Gasteiger partial charge in [0.1, 0.15) is 11.5 Å². The lowest BCUT2D eigenvalue weighted by Crippen LogP contribution is -2.06. The van der Waals surface area contributed by atoms with E-state index in [1.54, 1.807) is 30.3 Å². The van der Waals surface area contributed by atoms with Gasteiger partial charge in [0.2, 0.25) is 5.75 Å². The first kappa shape index (κ1) is 21.1. The van der Waals surface area contributed by atoms with Crippen molar-refractivity contribution in [3.8, 4) is 23.0 Å². The van der Waals surface area contributed by atoms with Gasteiger partial charge in [-0.25, -0.2) is 4.57 Å². The average molecular weight is 424 g/mol. The number of hydrogen-bond donors (Lipinski definition) is 2. The van der Waals surface area contributed by atoms with Gasteiger partial charge in [-0.3, -0.25) is 4.79 Å². The largest absolute Gasteiger partial charge is 0.505 e. The summed E-state index contributed by atoms with van der Waals surface area (Å²) in [4.78, 5) is 35.4. The van der Waals surface area contributed by atoms with Crippen molar-refractivity contribution in [2.75, 3.05) is 21.3 Å². The van der Waals surface area contributed by atoms with Crippen LogP contribution in [-0.4, -0.2) is 36.9 Å². The Morgan fingerprint density at radius 2 is 1.66 bits per heavy atom. The summed E-state index contributed by atoms with van der Waals surface area (Å²) in [6.07, 6.45) is 0.615. The molecule has 156 valence electrons. The van der Waals surface area contributed by atoms with Crippen LogP contribution in [0.15, 0.2) is 36.4 Å². The molecular formula is C19H21O9P. The second-order valence-corrected chi connectivity index (χ2v) is 7.57. The standard InChI is InChI=1S/C19H21O9P/c1-24-12-5-7-16(25-2)15(9-12)19(20)14-10-13(14)11-4-6-17(26-3)18(8-11)27-28-29(21,22)23/h4-9,13-14H,10H2,1-3H3,(H2,21,22,23). The van der Waals surface area contributed by atoms with Gasteiger partial charge in [0, 0.05) is 5.92 Å². The molecule has 0 amide bonds. The normalized spacial score (nSPS) is 18.1. The maximum absolute atomic E-state index is 13.0. The van der Waals surface area contributed by atoms with Gasteiger partial charge in [-0.1, -0.05) is 10.7 Å². The molecule has 0 aromatic heterocycles. The average Bonchev–Trinajstić information content (AvgIpc) is 3.51. The second-order valence-electron chi connectivity index (χ2n) is 6.44. The summed E-state index contributed by atoms with van der Waals surface area (Å²) in [5.41, 5.74) is 1.20. The molecular weight excluding hydrogens is 403 g/mol. The zero-order valence-electron chi connectivity index (χ0n) is 16.0. The van der Waals surface area contributed by atoms with Crippen molar-refractivity contribution >= 4 is 13.6 Å². The molecule has 2 aromatic rings. The number of methoxy groups -OCH3 is 3. The lowest BCUT2D eigenvalue weighted by atomic mass is 10.0. The lowest BCUT2D eigenvalue weighted by Gasteiger charge is -2.12. The fourth-order valence-corrected chi connectivity index (χ4v) is 3.31. The minimum atomic E-state index is -4.83. The van der Waals surface area contributed by atoms with E-state index >= 15 is 0 Å². The summed E-state index contributed by atoms with van der Waals surface area (Å²) in [6.45, 7) is 0. The molecule has 1 fully saturated rings. The summed E-state index contributed by atoms with van der Waals surface area (Å²) in [5.74, 6) is 0.846. The Hall–Kier alpha value is -2.58. The molecule has 3 rings (SSSR count). The van der Waals surface area contributed by atoms with E-state index in [0.717, 1.165) is 5.56 Å². The third-order valence-corrected chi connectivity index (χ3v) is 4.91. The molecule has 9 nitrogen and oxygen atoms in total. The van der Waals surface area contributed by atoms with Crippen molar-refractivity contribution in [2.24, 2.45) is 5.92 Å². The summed E-state index contributed by atoms with van der Waals surface area (Å²) in [5, 5.41) is 0. The highest BCUT2D eigenvalue weighted by Crippen LogP contribution is 2.51. The molecule has 0 spiro atoms. The maximum atomic E-state index is 13.0. The first-order valence-corrected chi connectivity index (χ1v) is 10.2. The van der Waals surface area contributed by atoms with E-state index in [1.807, 2.05) is 0 Å². The van der Waals surface area contributed by atoms with E-state index in [2.05, 4.69) is 4.67 Å². The van der Waals surface area contributed by atoms with Crippen molar-refractivity contribution in [1.29, 1.82) is 0 Å². The fourth-order valence-electron chi connectivity index (χ4n) is 3.14. The van der Waals surface area contributed by atoms with E-state index in [-0.39, 0.29) is 29.1 Å². The highest BCUT2D eigenvalue weighted by molar-refractivity contribution is 7.46. The van der Waals surface area contributed by atoms with E-state index in [9.17, 15) is 9.36 Å². The number of hydrogen-bond acceptors (Lipinski definition) is 7. The quantitative estimate of drug-likeness (QED) is 0.271. The van der Waals surface area contributed by atoms with Gasteiger partial charge >= 0.3 is 7.82 Å². The van der Waals surface area contributed by atoms with Gasteiger partial charge < -0.3 is 28.9 Å². The molecule has 0 bridgehead atoms. The summed E-state index contributed by atoms with van der Waals surface area (Å²) >= 11 is 0. The first-order valence-electron chi connectivity index (χ1n) is 8.63. The topological polar surface area (TPSA) is 121 Å².